The van der Waals surface area contributed by atoms with Crippen molar-refractivity contribution in [1.82, 2.24) is 9.97 Å². The van der Waals surface area contributed by atoms with Gasteiger partial charge in [-0.25, -0.2) is 4.79 Å². The van der Waals surface area contributed by atoms with E-state index in [9.17, 15) is 14.7 Å². The Morgan fingerprint density at radius 2 is 1.91 bits per heavy atom. The number of carbonyl (C=O) groups is 2. The van der Waals surface area contributed by atoms with Crippen molar-refractivity contribution in [2.75, 3.05) is 19.6 Å². The molecule has 6 rings (SSSR count). The number of amides is 1. The summed E-state index contributed by atoms with van der Waals surface area (Å²) in [5, 5.41) is 11.6. The second-order valence-corrected chi connectivity index (χ2v) is 9.15. The molecule has 3 aromatic rings. The number of esters is 1. The molecule has 3 atom stereocenters. The van der Waals surface area contributed by atoms with Crippen LogP contribution in [-0.4, -0.2) is 57.2 Å². The fraction of sp³-hybridized carbons (Fsp3) is 0.360. The molecule has 176 valence electrons. The largest absolute Gasteiger partial charge is 0.472 e. The Kier molecular flexibility index (Phi) is 5.66. The van der Waals surface area contributed by atoms with Gasteiger partial charge in [-0.1, -0.05) is 30.3 Å². The molecule has 3 aliphatic heterocycles. The van der Waals surface area contributed by atoms with Crippen molar-refractivity contribution < 1.29 is 28.3 Å². The molecule has 9 nitrogen and oxygen atoms in total. The molecule has 3 N–H and O–H groups in total. The Balaban J connectivity index is 1.45. The molecule has 0 aliphatic carbocycles. The maximum atomic E-state index is 13.6. The third-order valence-electron chi connectivity index (χ3n) is 7.32. The molecule has 3 fully saturated rings. The number of aromatic nitrogens is 2. The van der Waals surface area contributed by atoms with E-state index in [4.69, 9.17) is 14.9 Å². The minimum absolute atomic E-state index is 0.142. The van der Waals surface area contributed by atoms with E-state index in [1.54, 1.807) is 48.9 Å². The standard InChI is InChI=1S/C25H26N4O5/c26-23(30)22(20-14-27-9-10-28-20)29-11-6-17(7-12-29)21(15-29)34-24(31)25(32,19-8-13-33-16-19)18-4-2-1-3-5-18/h1-5,8-10,13-14,16-17,21-22,32H,6-7,11-12,15H2,(H-,26,30)/p+1/t17?,21-,22?,25?,29?/m0/s1. The monoisotopic (exact) mass is 463 g/mol. The van der Waals surface area contributed by atoms with E-state index >= 15 is 0 Å². The molecule has 0 spiro atoms. The minimum atomic E-state index is -2.01. The molecule has 2 bridgehead atoms. The summed E-state index contributed by atoms with van der Waals surface area (Å²) in [4.78, 5) is 34.6. The lowest BCUT2D eigenvalue weighted by Crippen LogP contribution is -2.67. The molecule has 3 aliphatic rings. The molecule has 2 aromatic heterocycles. The molecule has 34 heavy (non-hydrogen) atoms. The number of aliphatic hydroxyl groups is 1. The molecule has 5 heterocycles. The van der Waals surface area contributed by atoms with Crippen LogP contribution in [0, 0.1) is 5.92 Å². The molecule has 9 heteroatoms. The molecule has 1 amide bonds. The van der Waals surface area contributed by atoms with Crippen LogP contribution >= 0.6 is 0 Å². The lowest BCUT2D eigenvalue weighted by Gasteiger charge is -2.54. The lowest BCUT2D eigenvalue weighted by atomic mass is 9.81. The smallest absolute Gasteiger partial charge is 0.348 e. The Morgan fingerprint density at radius 3 is 2.53 bits per heavy atom. The fourth-order valence-corrected chi connectivity index (χ4v) is 5.58. The number of fused-ring (bicyclic) bond motifs is 3. The lowest BCUT2D eigenvalue weighted by molar-refractivity contribution is -0.965. The summed E-state index contributed by atoms with van der Waals surface area (Å²) in [6.07, 6.45) is 8.49. The second kappa shape index (κ2) is 8.66. The van der Waals surface area contributed by atoms with Gasteiger partial charge in [0, 0.05) is 36.7 Å². The van der Waals surface area contributed by atoms with E-state index in [1.807, 2.05) is 6.07 Å². The van der Waals surface area contributed by atoms with Gasteiger partial charge in [0.15, 0.2) is 6.10 Å². The van der Waals surface area contributed by atoms with Crippen LogP contribution < -0.4 is 5.73 Å². The fourth-order valence-electron chi connectivity index (χ4n) is 5.58. The van der Waals surface area contributed by atoms with Crippen molar-refractivity contribution in [3.63, 3.8) is 0 Å². The van der Waals surface area contributed by atoms with Crippen molar-refractivity contribution in [3.05, 3.63) is 84.3 Å². The van der Waals surface area contributed by atoms with Gasteiger partial charge in [-0.15, -0.1) is 0 Å². The Labute approximate surface area is 196 Å². The van der Waals surface area contributed by atoms with Crippen LogP contribution in [-0.2, 0) is 19.9 Å². The summed E-state index contributed by atoms with van der Waals surface area (Å²) in [6.45, 7) is 1.87. The number of carbonyl (C=O) groups excluding carboxylic acids is 2. The molecule has 0 saturated carbocycles. The molecule has 0 radical (unpaired) electrons. The highest BCUT2D eigenvalue weighted by Gasteiger charge is 2.55. The number of hydrogen-bond acceptors (Lipinski definition) is 7. The number of rotatable bonds is 7. The molecular formula is C25H27N4O5+. The van der Waals surface area contributed by atoms with Crippen LogP contribution in [0.25, 0.3) is 0 Å². The van der Waals surface area contributed by atoms with Crippen LogP contribution in [0.3, 0.4) is 0 Å². The van der Waals surface area contributed by atoms with Gasteiger partial charge < -0.3 is 24.5 Å². The first-order valence-corrected chi connectivity index (χ1v) is 11.4. The molecule has 2 unspecified atom stereocenters. The van der Waals surface area contributed by atoms with Gasteiger partial charge in [0.2, 0.25) is 11.6 Å². The molecule has 3 saturated heterocycles. The Morgan fingerprint density at radius 1 is 1.15 bits per heavy atom. The normalized spacial score (nSPS) is 26.4. The summed E-state index contributed by atoms with van der Waals surface area (Å²) in [6, 6.07) is 9.53. The van der Waals surface area contributed by atoms with Gasteiger partial charge in [-0.05, 0) is 11.6 Å². The molecule has 1 aromatic carbocycles. The average molecular weight is 464 g/mol. The van der Waals surface area contributed by atoms with E-state index in [1.165, 1.54) is 12.5 Å². The zero-order chi connectivity index (χ0) is 23.8. The number of piperidine rings is 3. The second-order valence-electron chi connectivity index (χ2n) is 9.15. The highest BCUT2D eigenvalue weighted by molar-refractivity contribution is 5.85. The summed E-state index contributed by atoms with van der Waals surface area (Å²) in [7, 11) is 0. The van der Waals surface area contributed by atoms with Gasteiger partial charge in [0.05, 0.1) is 31.8 Å². The number of nitrogens with two attached hydrogens (primary N) is 1. The molecular weight excluding hydrogens is 436 g/mol. The highest BCUT2D eigenvalue weighted by atomic mass is 16.6. The predicted octanol–water partition coefficient (Wildman–Crippen LogP) is 1.68. The third-order valence-corrected chi connectivity index (χ3v) is 7.32. The zero-order valence-electron chi connectivity index (χ0n) is 18.6. The first-order valence-electron chi connectivity index (χ1n) is 11.4. The summed E-state index contributed by atoms with van der Waals surface area (Å²) in [5.41, 5.74) is 5.04. The number of ether oxygens (including phenoxy) is 1. The van der Waals surface area contributed by atoms with E-state index in [-0.39, 0.29) is 5.92 Å². The van der Waals surface area contributed by atoms with Gasteiger partial charge in [0.1, 0.15) is 12.2 Å². The number of furan rings is 1. The highest BCUT2D eigenvalue weighted by Crippen LogP contribution is 2.43. The van der Waals surface area contributed by atoms with E-state index in [0.29, 0.717) is 27.8 Å². The summed E-state index contributed by atoms with van der Waals surface area (Å²) in [5.74, 6) is -1.11. The van der Waals surface area contributed by atoms with Gasteiger partial charge in [-0.2, -0.15) is 0 Å². The maximum Gasteiger partial charge on any atom is 0.348 e. The third kappa shape index (κ3) is 3.66. The van der Waals surface area contributed by atoms with E-state index in [2.05, 4.69) is 9.97 Å². The van der Waals surface area contributed by atoms with Crippen LogP contribution in [0.2, 0.25) is 0 Å². The van der Waals surface area contributed by atoms with E-state index < -0.39 is 29.6 Å². The number of hydrogen-bond donors (Lipinski definition) is 2. The van der Waals surface area contributed by atoms with Gasteiger partial charge >= 0.3 is 5.97 Å². The zero-order valence-corrected chi connectivity index (χ0v) is 18.6. The predicted molar refractivity (Wildman–Crippen MR) is 120 cm³/mol. The number of quaternary nitrogens is 1. The maximum absolute atomic E-state index is 13.6. The number of nitrogens with zero attached hydrogens (tertiary/aromatic N) is 3. The number of primary amides is 1. The van der Waals surface area contributed by atoms with Gasteiger partial charge in [-0.3, -0.25) is 14.8 Å². The van der Waals surface area contributed by atoms with Crippen molar-refractivity contribution in [3.8, 4) is 0 Å². The minimum Gasteiger partial charge on any atom is -0.472 e. The first kappa shape index (κ1) is 22.2. The topological polar surface area (TPSA) is 129 Å². The first-order chi connectivity index (χ1) is 16.4. The van der Waals surface area contributed by atoms with Crippen LogP contribution in [0.4, 0.5) is 0 Å². The quantitative estimate of drug-likeness (QED) is 0.403. The Bertz CT molecular complexity index is 1150. The summed E-state index contributed by atoms with van der Waals surface area (Å²) >= 11 is 0. The van der Waals surface area contributed by atoms with Crippen molar-refractivity contribution in [2.24, 2.45) is 11.7 Å². The van der Waals surface area contributed by atoms with Crippen molar-refractivity contribution >= 4 is 11.9 Å². The number of benzene rings is 1. The average Bonchev–Trinajstić information content (AvgIpc) is 3.41. The van der Waals surface area contributed by atoms with Crippen LogP contribution in [0.1, 0.15) is 35.7 Å². The van der Waals surface area contributed by atoms with Crippen molar-refractivity contribution in [2.45, 2.75) is 30.6 Å². The Hall–Kier alpha value is -3.56. The summed E-state index contributed by atoms with van der Waals surface area (Å²) < 4.78 is 11.5. The van der Waals surface area contributed by atoms with Crippen molar-refractivity contribution in [1.29, 1.82) is 0 Å². The van der Waals surface area contributed by atoms with Crippen LogP contribution in [0.15, 0.2) is 71.9 Å². The van der Waals surface area contributed by atoms with Crippen LogP contribution in [0.5, 0.6) is 0 Å². The SMILES string of the molecule is NC(=O)C(c1cnccn1)[N+]12CCC(CC1)[C@@H](OC(=O)C(O)(c1ccccc1)c1ccoc1)C2. The van der Waals surface area contributed by atoms with E-state index in [0.717, 1.165) is 25.9 Å². The van der Waals surface area contributed by atoms with Gasteiger partial charge in [0.25, 0.3) is 5.91 Å².